The molecule has 5 heteroatoms. The number of fused-ring (bicyclic) bond motifs is 1. The molecule has 0 fully saturated rings. The van der Waals surface area contributed by atoms with E-state index in [4.69, 9.17) is 0 Å². The van der Waals surface area contributed by atoms with Crippen LogP contribution in [0, 0.1) is 0 Å². The highest BCUT2D eigenvalue weighted by atomic mass is 16.6. The molecule has 0 aliphatic carbocycles. The van der Waals surface area contributed by atoms with Crippen LogP contribution < -0.4 is 0 Å². The number of amides is 2. The van der Waals surface area contributed by atoms with E-state index in [9.17, 15) is 9.59 Å². The van der Waals surface area contributed by atoms with Gasteiger partial charge >= 0.3 is 0 Å². The summed E-state index contributed by atoms with van der Waals surface area (Å²) in [7, 11) is 1.46. The Hall–Kier alpha value is -2.17. The maximum atomic E-state index is 12.0. The van der Waals surface area contributed by atoms with E-state index in [0.717, 1.165) is 5.71 Å². The Balaban J connectivity index is 2.12. The van der Waals surface area contributed by atoms with Gasteiger partial charge < -0.3 is 4.84 Å². The number of benzene rings is 1. The number of imide groups is 1. The van der Waals surface area contributed by atoms with Crippen molar-refractivity contribution in [1.29, 1.82) is 0 Å². The molecule has 0 atom stereocenters. The largest absolute Gasteiger partial charge is 0.399 e. The van der Waals surface area contributed by atoms with Crippen LogP contribution in [-0.2, 0) is 4.84 Å². The molecule has 18 heavy (non-hydrogen) atoms. The third-order valence-electron chi connectivity index (χ3n) is 2.82. The molecule has 0 bridgehead atoms. The smallest absolute Gasteiger partial charge is 0.261 e. The maximum Gasteiger partial charge on any atom is 0.261 e. The molecule has 1 aliphatic rings. The third-order valence-corrected chi connectivity index (χ3v) is 2.82. The van der Waals surface area contributed by atoms with Gasteiger partial charge in [0.15, 0.2) is 0 Å². The quantitative estimate of drug-likeness (QED) is 0.461. The fraction of sp³-hybridized carbons (Fsp3) is 0.308. The molecule has 5 nitrogen and oxygen atoms in total. The third kappa shape index (κ3) is 2.11. The monoisotopic (exact) mass is 246 g/mol. The number of carbonyl (C=O) groups is 2. The van der Waals surface area contributed by atoms with Gasteiger partial charge in [-0.25, -0.2) is 0 Å². The van der Waals surface area contributed by atoms with Crippen molar-refractivity contribution in [3.63, 3.8) is 0 Å². The van der Waals surface area contributed by atoms with Crippen molar-refractivity contribution in [2.45, 2.75) is 13.3 Å². The van der Waals surface area contributed by atoms with Crippen LogP contribution in [-0.4, -0.2) is 36.1 Å². The number of carbonyl (C=O) groups excluding carboxylic acids is 2. The molecule has 0 radical (unpaired) electrons. The van der Waals surface area contributed by atoms with E-state index in [-0.39, 0.29) is 11.8 Å². The molecule has 94 valence electrons. The molecular weight excluding hydrogens is 232 g/mol. The standard InChI is InChI=1S/C13H14N2O3/c1-9(14-18-2)7-8-15-12(16)10-5-3-4-6-11(10)13(15)17/h3-6H,7-8H2,1-2H3. The molecule has 0 unspecified atom stereocenters. The Morgan fingerprint density at radius 1 is 1.22 bits per heavy atom. The SMILES string of the molecule is CON=C(C)CCN1C(=O)c2ccccc2C1=O. The predicted molar refractivity (Wildman–Crippen MR) is 66.5 cm³/mol. The molecule has 0 saturated heterocycles. The highest BCUT2D eigenvalue weighted by molar-refractivity contribution is 6.21. The van der Waals surface area contributed by atoms with E-state index >= 15 is 0 Å². The topological polar surface area (TPSA) is 59.0 Å². The Morgan fingerprint density at radius 2 is 1.78 bits per heavy atom. The van der Waals surface area contributed by atoms with E-state index in [1.807, 2.05) is 0 Å². The Labute approximate surface area is 105 Å². The van der Waals surface area contributed by atoms with Crippen LogP contribution in [0.4, 0.5) is 0 Å². The van der Waals surface area contributed by atoms with Crippen molar-refractivity contribution in [2.24, 2.45) is 5.16 Å². The van der Waals surface area contributed by atoms with Gasteiger partial charge in [0, 0.05) is 13.0 Å². The number of oxime groups is 1. The lowest BCUT2D eigenvalue weighted by atomic mass is 10.1. The number of hydrogen-bond acceptors (Lipinski definition) is 4. The summed E-state index contributed by atoms with van der Waals surface area (Å²) < 4.78 is 0. The highest BCUT2D eigenvalue weighted by Crippen LogP contribution is 2.22. The summed E-state index contributed by atoms with van der Waals surface area (Å²) in [4.78, 5) is 29.9. The first kappa shape index (κ1) is 12.3. The van der Waals surface area contributed by atoms with Gasteiger partial charge in [0.05, 0.1) is 16.8 Å². The Morgan fingerprint density at radius 3 is 2.28 bits per heavy atom. The van der Waals surface area contributed by atoms with Crippen molar-refractivity contribution in [3.05, 3.63) is 35.4 Å². The second-order valence-corrected chi connectivity index (χ2v) is 4.07. The molecule has 0 aromatic heterocycles. The lowest BCUT2D eigenvalue weighted by molar-refractivity contribution is 0.0658. The van der Waals surface area contributed by atoms with Gasteiger partial charge in [0.25, 0.3) is 11.8 Å². The van der Waals surface area contributed by atoms with Gasteiger partial charge in [-0.15, -0.1) is 0 Å². The van der Waals surface area contributed by atoms with Crippen molar-refractivity contribution < 1.29 is 14.4 Å². The van der Waals surface area contributed by atoms with Crippen LogP contribution in [0.5, 0.6) is 0 Å². The fourth-order valence-electron chi connectivity index (χ4n) is 1.92. The summed E-state index contributed by atoms with van der Waals surface area (Å²) in [5.74, 6) is -0.471. The number of hydrogen-bond donors (Lipinski definition) is 0. The van der Waals surface area contributed by atoms with Gasteiger partial charge in [-0.3, -0.25) is 14.5 Å². The zero-order valence-corrected chi connectivity index (χ0v) is 10.3. The summed E-state index contributed by atoms with van der Waals surface area (Å²) >= 11 is 0. The molecule has 2 amide bonds. The molecule has 2 rings (SSSR count). The minimum Gasteiger partial charge on any atom is -0.399 e. The number of nitrogens with zero attached hydrogens (tertiary/aromatic N) is 2. The molecule has 1 aliphatic heterocycles. The summed E-state index contributed by atoms with van der Waals surface area (Å²) in [5, 5.41) is 3.75. The van der Waals surface area contributed by atoms with Crippen LogP contribution >= 0.6 is 0 Å². The Kier molecular flexibility index (Phi) is 3.41. The zero-order chi connectivity index (χ0) is 13.1. The summed E-state index contributed by atoms with van der Waals surface area (Å²) in [6, 6.07) is 6.85. The van der Waals surface area contributed by atoms with E-state index in [1.54, 1.807) is 31.2 Å². The van der Waals surface area contributed by atoms with Crippen LogP contribution in [0.3, 0.4) is 0 Å². The van der Waals surface area contributed by atoms with E-state index in [1.165, 1.54) is 12.0 Å². The lowest BCUT2D eigenvalue weighted by Crippen LogP contribution is -2.31. The van der Waals surface area contributed by atoms with Crippen molar-refractivity contribution in [1.82, 2.24) is 4.90 Å². The van der Waals surface area contributed by atoms with Crippen LogP contribution in [0.2, 0.25) is 0 Å². The molecule has 0 spiro atoms. The van der Waals surface area contributed by atoms with Gasteiger partial charge in [0.1, 0.15) is 7.11 Å². The second-order valence-electron chi connectivity index (χ2n) is 4.07. The minimum atomic E-state index is -0.235. The molecule has 1 aromatic rings. The molecule has 1 aromatic carbocycles. The number of rotatable bonds is 4. The van der Waals surface area contributed by atoms with Gasteiger partial charge in [0.2, 0.25) is 0 Å². The minimum absolute atomic E-state index is 0.235. The normalized spacial score (nSPS) is 15.0. The van der Waals surface area contributed by atoms with Crippen LogP contribution in [0.25, 0.3) is 0 Å². The molecule has 1 heterocycles. The van der Waals surface area contributed by atoms with Gasteiger partial charge in [-0.05, 0) is 19.1 Å². The molecule has 0 saturated carbocycles. The lowest BCUT2D eigenvalue weighted by Gasteiger charge is -2.12. The highest BCUT2D eigenvalue weighted by Gasteiger charge is 2.34. The first-order valence-electron chi connectivity index (χ1n) is 5.67. The zero-order valence-electron chi connectivity index (χ0n) is 10.3. The predicted octanol–water partition coefficient (Wildman–Crippen LogP) is 1.70. The molecule has 0 N–H and O–H groups in total. The van der Waals surface area contributed by atoms with E-state index in [2.05, 4.69) is 9.99 Å². The fourth-order valence-corrected chi connectivity index (χ4v) is 1.92. The van der Waals surface area contributed by atoms with E-state index in [0.29, 0.717) is 24.1 Å². The van der Waals surface area contributed by atoms with Crippen LogP contribution in [0.15, 0.2) is 29.4 Å². The average Bonchev–Trinajstić information content (AvgIpc) is 2.61. The van der Waals surface area contributed by atoms with Crippen LogP contribution in [0.1, 0.15) is 34.1 Å². The average molecular weight is 246 g/mol. The van der Waals surface area contributed by atoms with Gasteiger partial charge in [-0.1, -0.05) is 17.3 Å². The summed E-state index contributed by atoms with van der Waals surface area (Å²) in [5.41, 5.74) is 1.70. The maximum absolute atomic E-state index is 12.0. The second kappa shape index (κ2) is 5.00. The van der Waals surface area contributed by atoms with Gasteiger partial charge in [-0.2, -0.15) is 0 Å². The Bertz CT molecular complexity index is 488. The summed E-state index contributed by atoms with van der Waals surface area (Å²) in [6.45, 7) is 2.12. The first-order chi connectivity index (χ1) is 8.65. The van der Waals surface area contributed by atoms with E-state index < -0.39 is 0 Å². The van der Waals surface area contributed by atoms with Crippen molar-refractivity contribution in [2.75, 3.05) is 13.7 Å². The van der Waals surface area contributed by atoms with Crippen molar-refractivity contribution >= 4 is 17.5 Å². The molecular formula is C13H14N2O3. The summed E-state index contributed by atoms with van der Waals surface area (Å²) in [6.07, 6.45) is 0.513. The van der Waals surface area contributed by atoms with Crippen molar-refractivity contribution in [3.8, 4) is 0 Å². The first-order valence-corrected chi connectivity index (χ1v) is 5.67.